The van der Waals surface area contributed by atoms with Crippen LogP contribution in [0.2, 0.25) is 0 Å². The lowest BCUT2D eigenvalue weighted by atomic mass is 10.0. The topological polar surface area (TPSA) is 55.2 Å². The largest absolute Gasteiger partial charge is 0.341 e. The van der Waals surface area contributed by atoms with Gasteiger partial charge in [0, 0.05) is 50.8 Å². The van der Waals surface area contributed by atoms with Crippen molar-refractivity contribution in [3.63, 3.8) is 0 Å². The van der Waals surface area contributed by atoms with Crippen LogP contribution in [0.1, 0.15) is 46.3 Å². The summed E-state index contributed by atoms with van der Waals surface area (Å²) in [6.45, 7) is 0.514. The van der Waals surface area contributed by atoms with Crippen LogP contribution >= 0.6 is 0 Å². The molecule has 126 valence electrons. The van der Waals surface area contributed by atoms with Crippen molar-refractivity contribution < 1.29 is 9.59 Å². The normalized spacial score (nSPS) is 12.9. The third-order valence-corrected chi connectivity index (χ3v) is 4.59. The molecule has 0 N–H and O–H groups in total. The highest BCUT2D eigenvalue weighted by Crippen LogP contribution is 2.23. The third kappa shape index (κ3) is 3.72. The van der Waals surface area contributed by atoms with Crippen molar-refractivity contribution in [2.75, 3.05) is 7.05 Å². The molecule has 1 aromatic carbocycles. The van der Waals surface area contributed by atoms with Crippen LogP contribution in [0.15, 0.2) is 30.6 Å². The molecule has 1 aromatic heterocycles. The van der Waals surface area contributed by atoms with E-state index >= 15 is 0 Å². The molecule has 2 aromatic rings. The standard InChI is InChI=1S/C19H23N3O2/c1-21(12-14-11-20-22(2)13-14)19(24)9-8-18(23)17-7-6-15-4-3-5-16(15)10-17/h6-7,10-11,13H,3-5,8-9,12H2,1-2H3. The average Bonchev–Trinajstić information content (AvgIpc) is 3.20. The number of nitrogens with zero attached hydrogens (tertiary/aromatic N) is 3. The monoisotopic (exact) mass is 325 g/mol. The van der Waals surface area contributed by atoms with Crippen LogP contribution in [-0.2, 0) is 31.2 Å². The minimum absolute atomic E-state index is 0.0200. The lowest BCUT2D eigenvalue weighted by Gasteiger charge is -2.16. The lowest BCUT2D eigenvalue weighted by Crippen LogP contribution is -2.26. The Kier molecular flexibility index (Phi) is 4.79. The van der Waals surface area contributed by atoms with Crippen LogP contribution in [0.5, 0.6) is 0 Å². The van der Waals surface area contributed by atoms with Gasteiger partial charge in [-0.15, -0.1) is 0 Å². The maximum absolute atomic E-state index is 12.3. The second kappa shape index (κ2) is 6.99. The number of hydrogen-bond acceptors (Lipinski definition) is 3. The van der Waals surface area contributed by atoms with Gasteiger partial charge in [-0.1, -0.05) is 12.1 Å². The van der Waals surface area contributed by atoms with E-state index in [4.69, 9.17) is 0 Å². The number of carbonyl (C=O) groups is 2. The summed E-state index contributed by atoms with van der Waals surface area (Å²) in [7, 11) is 3.61. The molecular formula is C19H23N3O2. The molecule has 0 aliphatic heterocycles. The number of ketones is 1. The molecule has 1 heterocycles. The maximum atomic E-state index is 12.3. The lowest BCUT2D eigenvalue weighted by molar-refractivity contribution is -0.130. The van der Waals surface area contributed by atoms with Crippen LogP contribution in [-0.4, -0.2) is 33.4 Å². The molecule has 1 amide bonds. The zero-order valence-corrected chi connectivity index (χ0v) is 14.3. The van der Waals surface area contributed by atoms with Crippen LogP contribution in [0.4, 0.5) is 0 Å². The second-order valence-electron chi connectivity index (χ2n) is 6.53. The number of aryl methyl sites for hydroxylation is 3. The summed E-state index contributed by atoms with van der Waals surface area (Å²) in [6, 6.07) is 5.97. The zero-order chi connectivity index (χ0) is 17.1. The summed E-state index contributed by atoms with van der Waals surface area (Å²) in [4.78, 5) is 26.2. The van der Waals surface area contributed by atoms with E-state index in [1.54, 1.807) is 22.8 Å². The molecule has 1 aliphatic rings. The van der Waals surface area contributed by atoms with Crippen molar-refractivity contribution in [1.29, 1.82) is 0 Å². The highest BCUT2D eigenvalue weighted by Gasteiger charge is 2.16. The molecule has 5 nitrogen and oxygen atoms in total. The summed E-state index contributed by atoms with van der Waals surface area (Å²) in [5.74, 6) is 0.0289. The molecule has 0 fully saturated rings. The van der Waals surface area contributed by atoms with Gasteiger partial charge in [0.25, 0.3) is 0 Å². The van der Waals surface area contributed by atoms with E-state index in [-0.39, 0.29) is 24.5 Å². The number of aromatic nitrogens is 2. The number of amides is 1. The Hall–Kier alpha value is -2.43. The maximum Gasteiger partial charge on any atom is 0.223 e. The molecule has 0 spiro atoms. The Morgan fingerprint density at radius 3 is 2.75 bits per heavy atom. The van der Waals surface area contributed by atoms with Gasteiger partial charge in [-0.05, 0) is 36.5 Å². The Morgan fingerprint density at radius 2 is 2.00 bits per heavy atom. The first-order valence-electron chi connectivity index (χ1n) is 8.39. The minimum Gasteiger partial charge on any atom is -0.341 e. The van der Waals surface area contributed by atoms with Gasteiger partial charge >= 0.3 is 0 Å². The van der Waals surface area contributed by atoms with Gasteiger partial charge in [-0.2, -0.15) is 5.10 Å². The number of fused-ring (bicyclic) bond motifs is 1. The fraction of sp³-hybridized carbons (Fsp3) is 0.421. The number of benzene rings is 1. The highest BCUT2D eigenvalue weighted by molar-refractivity contribution is 5.98. The van der Waals surface area contributed by atoms with Crippen LogP contribution in [0, 0.1) is 0 Å². The average molecular weight is 325 g/mol. The summed E-state index contributed by atoms with van der Waals surface area (Å²) < 4.78 is 1.71. The molecule has 0 bridgehead atoms. The van der Waals surface area contributed by atoms with E-state index in [0.717, 1.165) is 24.0 Å². The van der Waals surface area contributed by atoms with Crippen molar-refractivity contribution in [3.8, 4) is 0 Å². The Morgan fingerprint density at radius 1 is 1.21 bits per heavy atom. The van der Waals surface area contributed by atoms with Gasteiger partial charge in [0.15, 0.2) is 5.78 Å². The summed E-state index contributed by atoms with van der Waals surface area (Å²) >= 11 is 0. The predicted molar refractivity (Wildman–Crippen MR) is 91.7 cm³/mol. The van der Waals surface area contributed by atoms with Crippen molar-refractivity contribution in [2.45, 2.75) is 38.6 Å². The SMILES string of the molecule is CN(Cc1cnn(C)c1)C(=O)CCC(=O)c1ccc2c(c1)CCC2. The first kappa shape index (κ1) is 16.4. The quantitative estimate of drug-likeness (QED) is 0.767. The van der Waals surface area contributed by atoms with Crippen molar-refractivity contribution >= 4 is 11.7 Å². The van der Waals surface area contributed by atoms with Gasteiger partial charge in [0.1, 0.15) is 0 Å². The highest BCUT2D eigenvalue weighted by atomic mass is 16.2. The van der Waals surface area contributed by atoms with Gasteiger partial charge in [0.05, 0.1) is 6.20 Å². The molecule has 0 unspecified atom stereocenters. The number of hydrogen-bond donors (Lipinski definition) is 0. The molecular weight excluding hydrogens is 302 g/mol. The van der Waals surface area contributed by atoms with E-state index in [1.807, 2.05) is 25.4 Å². The van der Waals surface area contributed by atoms with E-state index in [1.165, 1.54) is 17.5 Å². The van der Waals surface area contributed by atoms with Gasteiger partial charge in [-0.3, -0.25) is 14.3 Å². The summed E-state index contributed by atoms with van der Waals surface area (Å²) in [5.41, 5.74) is 4.37. The van der Waals surface area contributed by atoms with Crippen molar-refractivity contribution in [3.05, 3.63) is 52.8 Å². The zero-order valence-electron chi connectivity index (χ0n) is 14.3. The van der Waals surface area contributed by atoms with Crippen molar-refractivity contribution in [2.24, 2.45) is 7.05 Å². The Bertz CT molecular complexity index is 764. The smallest absolute Gasteiger partial charge is 0.223 e. The van der Waals surface area contributed by atoms with Gasteiger partial charge < -0.3 is 4.90 Å². The number of rotatable bonds is 6. The van der Waals surface area contributed by atoms with Gasteiger partial charge in [0.2, 0.25) is 5.91 Å². The predicted octanol–water partition coefficient (Wildman–Crippen LogP) is 2.53. The fourth-order valence-electron chi connectivity index (χ4n) is 3.22. The van der Waals surface area contributed by atoms with Crippen molar-refractivity contribution in [1.82, 2.24) is 14.7 Å². The van der Waals surface area contributed by atoms with E-state index in [2.05, 4.69) is 11.2 Å². The number of Topliss-reactive ketones (excluding diaryl/α,β-unsaturated/α-hetero) is 1. The number of carbonyl (C=O) groups excluding carboxylic acids is 2. The third-order valence-electron chi connectivity index (χ3n) is 4.59. The summed E-state index contributed by atoms with van der Waals surface area (Å²) in [6.07, 6.45) is 7.48. The molecule has 1 aliphatic carbocycles. The Labute approximate surface area is 142 Å². The van der Waals surface area contributed by atoms with Crippen LogP contribution < -0.4 is 0 Å². The van der Waals surface area contributed by atoms with E-state index in [9.17, 15) is 9.59 Å². The molecule has 0 atom stereocenters. The first-order chi connectivity index (χ1) is 11.5. The molecule has 3 rings (SSSR count). The van der Waals surface area contributed by atoms with Gasteiger partial charge in [-0.25, -0.2) is 0 Å². The minimum atomic E-state index is -0.0200. The molecule has 0 saturated carbocycles. The molecule has 0 radical (unpaired) electrons. The van der Waals surface area contributed by atoms with E-state index < -0.39 is 0 Å². The van der Waals surface area contributed by atoms with E-state index in [0.29, 0.717) is 6.54 Å². The van der Waals surface area contributed by atoms with Crippen LogP contribution in [0.3, 0.4) is 0 Å². The summed E-state index contributed by atoms with van der Waals surface area (Å²) in [5, 5.41) is 4.10. The first-order valence-corrected chi connectivity index (χ1v) is 8.39. The fourth-order valence-corrected chi connectivity index (χ4v) is 3.22. The molecule has 0 saturated heterocycles. The molecule has 24 heavy (non-hydrogen) atoms. The molecule has 5 heteroatoms. The second-order valence-corrected chi connectivity index (χ2v) is 6.53. The Balaban J connectivity index is 1.52. The van der Waals surface area contributed by atoms with Crippen LogP contribution in [0.25, 0.3) is 0 Å².